The Hall–Kier alpha value is -1.18. The second-order valence-corrected chi connectivity index (χ2v) is 13.2. The Morgan fingerprint density at radius 2 is 2.18 bits per heavy atom. The van der Waals surface area contributed by atoms with Crippen molar-refractivity contribution in [2.75, 3.05) is 12.3 Å². The number of ether oxygens (including phenoxy) is 1. The van der Waals surface area contributed by atoms with Crippen molar-refractivity contribution in [1.82, 2.24) is 9.55 Å². The number of aliphatic hydroxyl groups excluding tert-OH is 1. The Kier molecular flexibility index (Phi) is 4.27. The van der Waals surface area contributed by atoms with Crippen LogP contribution in [0, 0.1) is 0 Å². The molecule has 0 radical (unpaired) electrons. The maximum atomic E-state index is 12.5. The van der Waals surface area contributed by atoms with Crippen molar-refractivity contribution < 1.29 is 9.84 Å². The molecular formula is C15H27N3O3Si. The number of nitrogen functional groups attached to an aromatic ring is 1. The number of hydrogen-bond acceptors (Lipinski definition) is 5. The van der Waals surface area contributed by atoms with Crippen LogP contribution in [0.3, 0.4) is 0 Å². The molecule has 0 saturated carbocycles. The minimum absolute atomic E-state index is 0.0121. The molecule has 3 N–H and O–H groups in total. The fourth-order valence-electron chi connectivity index (χ4n) is 3.09. The summed E-state index contributed by atoms with van der Waals surface area (Å²) >= 11 is 0. The molecule has 1 fully saturated rings. The van der Waals surface area contributed by atoms with Crippen LogP contribution in [0.1, 0.15) is 33.6 Å². The first-order chi connectivity index (χ1) is 10.0. The number of rotatable bonds is 3. The van der Waals surface area contributed by atoms with Gasteiger partial charge >= 0.3 is 5.69 Å². The average Bonchev–Trinajstić information content (AvgIpc) is 2.83. The summed E-state index contributed by atoms with van der Waals surface area (Å²) in [5.41, 5.74) is 5.24. The smallest absolute Gasteiger partial charge is 0.351 e. The zero-order valence-electron chi connectivity index (χ0n) is 14.1. The zero-order valence-corrected chi connectivity index (χ0v) is 15.1. The Bertz CT molecular complexity index is 609. The monoisotopic (exact) mass is 325 g/mol. The third kappa shape index (κ3) is 2.51. The molecule has 0 amide bonds. The average molecular weight is 325 g/mol. The summed E-state index contributed by atoms with van der Waals surface area (Å²) < 4.78 is 7.90. The fraction of sp³-hybridized carbons (Fsp3) is 0.733. The van der Waals surface area contributed by atoms with Crippen molar-refractivity contribution in [3.63, 3.8) is 0 Å². The number of aliphatic hydroxyl groups is 1. The first-order valence-corrected chi connectivity index (χ1v) is 10.7. The van der Waals surface area contributed by atoms with Crippen LogP contribution in [0.5, 0.6) is 0 Å². The molecule has 0 aliphatic carbocycles. The van der Waals surface area contributed by atoms with Crippen LogP contribution in [-0.2, 0) is 10.1 Å². The number of aromatic nitrogens is 2. The molecule has 0 bridgehead atoms. The van der Waals surface area contributed by atoms with Crippen LogP contribution in [-0.4, -0.2) is 35.4 Å². The fourth-order valence-corrected chi connectivity index (χ4v) is 6.27. The Morgan fingerprint density at radius 1 is 1.55 bits per heavy atom. The molecule has 124 valence electrons. The summed E-state index contributed by atoms with van der Waals surface area (Å²) in [5.74, 6) is 0.211. The molecule has 0 unspecified atom stereocenters. The molecular weight excluding hydrogens is 298 g/mol. The summed E-state index contributed by atoms with van der Waals surface area (Å²) in [7, 11) is -2.12. The quantitative estimate of drug-likeness (QED) is 0.826. The van der Waals surface area contributed by atoms with Crippen LogP contribution in [0.4, 0.5) is 5.82 Å². The van der Waals surface area contributed by atoms with E-state index >= 15 is 0 Å². The number of nitrogens with two attached hydrogens (primary N) is 1. The molecule has 1 aromatic rings. The van der Waals surface area contributed by atoms with Crippen molar-refractivity contribution >= 4 is 13.9 Å². The molecule has 22 heavy (non-hydrogen) atoms. The summed E-state index contributed by atoms with van der Waals surface area (Å²) in [4.78, 5) is 16.3. The summed E-state index contributed by atoms with van der Waals surface area (Å²) in [6, 6.07) is 1.63. The van der Waals surface area contributed by atoms with Crippen LogP contribution >= 0.6 is 0 Å². The first-order valence-electron chi connectivity index (χ1n) is 7.69. The van der Waals surface area contributed by atoms with Gasteiger partial charge in [0.05, 0.1) is 12.7 Å². The van der Waals surface area contributed by atoms with E-state index in [0.29, 0.717) is 6.42 Å². The minimum Gasteiger partial charge on any atom is -0.394 e. The van der Waals surface area contributed by atoms with Gasteiger partial charge in [0, 0.05) is 6.20 Å². The van der Waals surface area contributed by atoms with Gasteiger partial charge in [0.15, 0.2) is 0 Å². The summed E-state index contributed by atoms with van der Waals surface area (Å²) in [6.07, 6.45) is 2.89. The van der Waals surface area contributed by atoms with Gasteiger partial charge in [-0.25, -0.2) is 4.79 Å². The zero-order chi connectivity index (χ0) is 16.8. The number of hydrogen-bond donors (Lipinski definition) is 2. The molecule has 0 spiro atoms. The molecule has 0 aromatic carbocycles. The predicted octanol–water partition coefficient (Wildman–Crippen LogP) is 1.70. The highest BCUT2D eigenvalue weighted by molar-refractivity contribution is 6.81. The molecule has 2 atom stereocenters. The summed E-state index contributed by atoms with van der Waals surface area (Å²) in [5, 5.41) is 8.79. The van der Waals surface area contributed by atoms with Crippen LogP contribution < -0.4 is 11.4 Å². The van der Waals surface area contributed by atoms with Gasteiger partial charge in [-0.05, 0) is 23.9 Å². The maximum absolute atomic E-state index is 12.5. The topological polar surface area (TPSA) is 90.4 Å². The number of anilines is 1. The largest absolute Gasteiger partial charge is 0.394 e. The van der Waals surface area contributed by atoms with Crippen molar-refractivity contribution in [1.29, 1.82) is 0 Å². The van der Waals surface area contributed by atoms with E-state index in [4.69, 9.17) is 10.5 Å². The van der Waals surface area contributed by atoms with Gasteiger partial charge in [-0.15, -0.1) is 0 Å². The van der Waals surface area contributed by atoms with Gasteiger partial charge in [-0.2, -0.15) is 4.98 Å². The third-order valence-electron chi connectivity index (χ3n) is 5.44. The standard InChI is InChI=1S/C15H27N3O3Si/c1-14(2,3)22(4,5)15(8-6-11(10-19)21-15)18-9-7-12(16)17-13(18)20/h7,9,11,19H,6,8,10H2,1-5H3,(H2,16,17,20)/t11-,15-/m0/s1. The van der Waals surface area contributed by atoms with Crippen LogP contribution in [0.25, 0.3) is 0 Å². The molecule has 2 rings (SSSR count). The van der Waals surface area contributed by atoms with E-state index in [-0.39, 0.29) is 29.3 Å². The van der Waals surface area contributed by atoms with Gasteiger partial charge in [0.2, 0.25) is 0 Å². The van der Waals surface area contributed by atoms with E-state index < -0.39 is 13.4 Å². The Balaban J connectivity index is 2.65. The van der Waals surface area contributed by atoms with Crippen molar-refractivity contribution in [2.24, 2.45) is 0 Å². The lowest BCUT2D eigenvalue weighted by Gasteiger charge is -2.50. The van der Waals surface area contributed by atoms with E-state index in [9.17, 15) is 9.90 Å². The SMILES string of the molecule is CC(C)(C)[Si](C)(C)[C@]1(n2ccc(N)nc2=O)CC[C@@H](CO)O1. The van der Waals surface area contributed by atoms with Gasteiger partial charge in [0.1, 0.15) is 19.2 Å². The molecule has 1 saturated heterocycles. The minimum atomic E-state index is -2.12. The van der Waals surface area contributed by atoms with Gasteiger partial charge < -0.3 is 15.6 Å². The molecule has 7 heteroatoms. The molecule has 1 aliphatic heterocycles. The maximum Gasteiger partial charge on any atom is 0.351 e. The number of nitrogens with zero attached hydrogens (tertiary/aromatic N) is 2. The van der Waals surface area contributed by atoms with E-state index in [0.717, 1.165) is 6.42 Å². The van der Waals surface area contributed by atoms with E-state index in [1.54, 1.807) is 16.8 Å². The lowest BCUT2D eigenvalue weighted by Crippen LogP contribution is -2.63. The summed E-state index contributed by atoms with van der Waals surface area (Å²) in [6.45, 7) is 11.0. The third-order valence-corrected chi connectivity index (χ3v) is 11.7. The highest BCUT2D eigenvalue weighted by Gasteiger charge is 2.59. The highest BCUT2D eigenvalue weighted by atomic mass is 28.3. The second-order valence-electron chi connectivity index (χ2n) is 7.63. The lowest BCUT2D eigenvalue weighted by atomic mass is 10.2. The lowest BCUT2D eigenvalue weighted by molar-refractivity contribution is -0.0656. The highest BCUT2D eigenvalue weighted by Crippen LogP contribution is 2.51. The van der Waals surface area contributed by atoms with Gasteiger partial charge in [-0.1, -0.05) is 33.9 Å². The van der Waals surface area contributed by atoms with Crippen LogP contribution in [0.15, 0.2) is 17.1 Å². The van der Waals surface area contributed by atoms with Crippen molar-refractivity contribution in [3.8, 4) is 0 Å². The Labute approximate surface area is 132 Å². The van der Waals surface area contributed by atoms with Crippen LogP contribution in [0.2, 0.25) is 18.1 Å². The van der Waals surface area contributed by atoms with E-state index in [1.807, 2.05) is 0 Å². The van der Waals surface area contributed by atoms with Crippen molar-refractivity contribution in [3.05, 3.63) is 22.7 Å². The first kappa shape index (κ1) is 17.2. The normalized spacial score (nSPS) is 26.4. The van der Waals surface area contributed by atoms with Gasteiger partial charge in [-0.3, -0.25) is 4.57 Å². The van der Waals surface area contributed by atoms with Gasteiger partial charge in [0.25, 0.3) is 0 Å². The second kappa shape index (κ2) is 5.47. The van der Waals surface area contributed by atoms with E-state index in [1.165, 1.54) is 0 Å². The Morgan fingerprint density at radius 3 is 2.64 bits per heavy atom. The predicted molar refractivity (Wildman–Crippen MR) is 89.3 cm³/mol. The molecule has 2 heterocycles. The molecule has 1 aromatic heterocycles. The van der Waals surface area contributed by atoms with E-state index in [2.05, 4.69) is 38.8 Å². The van der Waals surface area contributed by atoms with Crippen molar-refractivity contribution in [2.45, 2.75) is 63.2 Å². The molecule has 1 aliphatic rings. The molecule has 6 nitrogen and oxygen atoms in total.